The van der Waals surface area contributed by atoms with Gasteiger partial charge in [0.15, 0.2) is 0 Å². The van der Waals surface area contributed by atoms with Gasteiger partial charge in [0, 0.05) is 43.5 Å². The first kappa shape index (κ1) is 19.9. The van der Waals surface area contributed by atoms with Crippen LogP contribution in [0.15, 0.2) is 47.0 Å². The first-order chi connectivity index (χ1) is 14.5. The molecule has 0 radical (unpaired) electrons. The molecule has 2 heterocycles. The third-order valence-electron chi connectivity index (χ3n) is 5.27. The molecule has 1 aliphatic heterocycles. The molecule has 3 aromatic rings. The summed E-state index contributed by atoms with van der Waals surface area (Å²) in [5, 5.41) is 3.86. The molecular formula is C22H21F2N3O3. The predicted molar refractivity (Wildman–Crippen MR) is 108 cm³/mol. The van der Waals surface area contributed by atoms with Gasteiger partial charge in [-0.3, -0.25) is 4.79 Å². The largest absolute Gasteiger partial charge is 0.497 e. The Balaban J connectivity index is 1.51. The SMILES string of the molecule is COc1ccc(N2CCN(C(=O)c3c(-c4ccc(F)cc4F)noc3C)CC2)cc1. The fourth-order valence-corrected chi connectivity index (χ4v) is 3.61. The average Bonchev–Trinajstić information content (AvgIpc) is 3.14. The third kappa shape index (κ3) is 3.72. The van der Waals surface area contributed by atoms with Gasteiger partial charge in [0.25, 0.3) is 5.91 Å². The van der Waals surface area contributed by atoms with Crippen LogP contribution in [0.4, 0.5) is 14.5 Å². The van der Waals surface area contributed by atoms with Crippen LogP contribution in [0.2, 0.25) is 0 Å². The zero-order chi connectivity index (χ0) is 21.3. The van der Waals surface area contributed by atoms with Crippen LogP contribution in [-0.4, -0.2) is 49.3 Å². The number of aromatic nitrogens is 1. The Morgan fingerprint density at radius 1 is 1.07 bits per heavy atom. The first-order valence-corrected chi connectivity index (χ1v) is 9.58. The van der Waals surface area contributed by atoms with Crippen molar-refractivity contribution in [2.24, 2.45) is 0 Å². The van der Waals surface area contributed by atoms with Gasteiger partial charge in [-0.15, -0.1) is 0 Å². The van der Waals surface area contributed by atoms with Gasteiger partial charge in [-0.05, 0) is 43.3 Å². The maximum Gasteiger partial charge on any atom is 0.259 e. The van der Waals surface area contributed by atoms with Gasteiger partial charge in [0.05, 0.1) is 7.11 Å². The number of nitrogens with zero attached hydrogens (tertiary/aromatic N) is 3. The molecule has 0 unspecified atom stereocenters. The van der Waals surface area contributed by atoms with Gasteiger partial charge in [0.1, 0.15) is 34.4 Å². The molecule has 1 fully saturated rings. The summed E-state index contributed by atoms with van der Waals surface area (Å²) >= 11 is 0. The Kier molecular flexibility index (Phi) is 5.39. The van der Waals surface area contributed by atoms with Crippen molar-refractivity contribution in [2.75, 3.05) is 38.2 Å². The lowest BCUT2D eigenvalue weighted by atomic mass is 10.0. The van der Waals surface area contributed by atoms with Crippen molar-refractivity contribution in [3.05, 3.63) is 65.4 Å². The Morgan fingerprint density at radius 3 is 2.40 bits per heavy atom. The van der Waals surface area contributed by atoms with Gasteiger partial charge in [-0.1, -0.05) is 5.16 Å². The Labute approximate surface area is 172 Å². The molecule has 1 aromatic heterocycles. The Hall–Kier alpha value is -3.42. The van der Waals surface area contributed by atoms with E-state index in [1.807, 2.05) is 24.3 Å². The zero-order valence-electron chi connectivity index (χ0n) is 16.7. The molecule has 0 aliphatic carbocycles. The molecule has 0 spiro atoms. The van der Waals surface area contributed by atoms with Crippen LogP contribution >= 0.6 is 0 Å². The second-order valence-corrected chi connectivity index (χ2v) is 7.06. The first-order valence-electron chi connectivity index (χ1n) is 9.58. The molecule has 0 atom stereocenters. The molecule has 4 rings (SSSR count). The van der Waals surface area contributed by atoms with Crippen molar-refractivity contribution in [2.45, 2.75) is 6.92 Å². The number of hydrogen-bond donors (Lipinski definition) is 0. The van der Waals surface area contributed by atoms with E-state index in [0.717, 1.165) is 23.6 Å². The number of aryl methyl sites for hydroxylation is 1. The van der Waals surface area contributed by atoms with E-state index in [4.69, 9.17) is 9.26 Å². The molecule has 0 saturated carbocycles. The normalized spacial score (nSPS) is 14.1. The summed E-state index contributed by atoms with van der Waals surface area (Å²) < 4.78 is 37.9. The Bertz CT molecular complexity index is 1060. The molecule has 1 aliphatic rings. The number of benzene rings is 2. The summed E-state index contributed by atoms with van der Waals surface area (Å²) in [6.45, 7) is 3.92. The summed E-state index contributed by atoms with van der Waals surface area (Å²) in [6.07, 6.45) is 0. The van der Waals surface area contributed by atoms with Gasteiger partial charge >= 0.3 is 0 Å². The van der Waals surface area contributed by atoms with E-state index in [0.29, 0.717) is 31.9 Å². The average molecular weight is 413 g/mol. The van der Waals surface area contributed by atoms with Crippen molar-refractivity contribution < 1.29 is 22.8 Å². The third-order valence-corrected chi connectivity index (χ3v) is 5.27. The van der Waals surface area contributed by atoms with E-state index < -0.39 is 11.6 Å². The van der Waals surface area contributed by atoms with E-state index in [2.05, 4.69) is 10.1 Å². The number of anilines is 1. The van der Waals surface area contributed by atoms with Crippen molar-refractivity contribution in [3.63, 3.8) is 0 Å². The number of ether oxygens (including phenoxy) is 1. The van der Waals surface area contributed by atoms with Gasteiger partial charge in [0.2, 0.25) is 0 Å². The lowest BCUT2D eigenvalue weighted by molar-refractivity contribution is 0.0745. The van der Waals surface area contributed by atoms with E-state index in [1.54, 1.807) is 18.9 Å². The van der Waals surface area contributed by atoms with Crippen LogP contribution in [0.3, 0.4) is 0 Å². The van der Waals surface area contributed by atoms with Gasteiger partial charge in [-0.2, -0.15) is 0 Å². The number of carbonyl (C=O) groups excluding carboxylic acids is 1. The zero-order valence-corrected chi connectivity index (χ0v) is 16.7. The van der Waals surface area contributed by atoms with Crippen molar-refractivity contribution in [1.29, 1.82) is 0 Å². The van der Waals surface area contributed by atoms with Crippen LogP contribution in [0.25, 0.3) is 11.3 Å². The Morgan fingerprint density at radius 2 is 1.77 bits per heavy atom. The predicted octanol–water partition coefficient (Wildman–Crippen LogP) is 3.90. The van der Waals surface area contributed by atoms with Crippen LogP contribution in [-0.2, 0) is 0 Å². The monoisotopic (exact) mass is 413 g/mol. The minimum absolute atomic E-state index is 0.0356. The summed E-state index contributed by atoms with van der Waals surface area (Å²) in [7, 11) is 1.62. The van der Waals surface area contributed by atoms with E-state index in [9.17, 15) is 13.6 Å². The summed E-state index contributed by atoms with van der Waals surface area (Å²) in [5.41, 5.74) is 1.39. The lowest BCUT2D eigenvalue weighted by Gasteiger charge is -2.36. The molecule has 0 N–H and O–H groups in total. The highest BCUT2D eigenvalue weighted by molar-refractivity contribution is 6.01. The molecule has 0 bridgehead atoms. The smallest absolute Gasteiger partial charge is 0.259 e. The second kappa shape index (κ2) is 8.14. The van der Waals surface area contributed by atoms with E-state index in [-0.39, 0.29) is 22.7 Å². The highest BCUT2D eigenvalue weighted by atomic mass is 19.1. The van der Waals surface area contributed by atoms with Crippen molar-refractivity contribution in [3.8, 4) is 17.0 Å². The molecule has 8 heteroatoms. The minimum atomic E-state index is -0.790. The molecule has 30 heavy (non-hydrogen) atoms. The van der Waals surface area contributed by atoms with Gasteiger partial charge in [-0.25, -0.2) is 8.78 Å². The number of carbonyl (C=O) groups is 1. The highest BCUT2D eigenvalue weighted by Crippen LogP contribution is 2.29. The van der Waals surface area contributed by atoms with Crippen LogP contribution in [0.5, 0.6) is 5.75 Å². The standard InChI is InChI=1S/C22H21F2N3O3/c1-14-20(21(25-30-14)18-8-3-15(23)13-19(18)24)22(28)27-11-9-26(10-12-27)16-4-6-17(29-2)7-5-16/h3-8,13H,9-12H2,1-2H3. The number of piperazine rings is 1. The second-order valence-electron chi connectivity index (χ2n) is 7.06. The maximum atomic E-state index is 14.3. The number of rotatable bonds is 4. The topological polar surface area (TPSA) is 58.8 Å². The molecular weight excluding hydrogens is 392 g/mol. The number of hydrogen-bond acceptors (Lipinski definition) is 5. The molecule has 156 valence electrons. The van der Waals surface area contributed by atoms with Crippen LogP contribution in [0.1, 0.15) is 16.1 Å². The lowest BCUT2D eigenvalue weighted by Crippen LogP contribution is -2.49. The molecule has 6 nitrogen and oxygen atoms in total. The van der Waals surface area contributed by atoms with Crippen LogP contribution < -0.4 is 9.64 Å². The molecule has 2 aromatic carbocycles. The fraction of sp³-hybridized carbons (Fsp3) is 0.273. The van der Waals surface area contributed by atoms with E-state index >= 15 is 0 Å². The summed E-state index contributed by atoms with van der Waals surface area (Å²) in [6, 6.07) is 10.9. The number of halogens is 2. The molecule has 1 saturated heterocycles. The number of amides is 1. The quantitative estimate of drug-likeness (QED) is 0.649. The van der Waals surface area contributed by atoms with Crippen molar-refractivity contribution >= 4 is 11.6 Å². The van der Waals surface area contributed by atoms with E-state index in [1.165, 1.54) is 6.07 Å². The van der Waals surface area contributed by atoms with Gasteiger partial charge < -0.3 is 19.1 Å². The maximum absolute atomic E-state index is 14.3. The van der Waals surface area contributed by atoms with Crippen LogP contribution in [0, 0.1) is 18.6 Å². The van der Waals surface area contributed by atoms with Crippen molar-refractivity contribution in [1.82, 2.24) is 10.1 Å². The summed E-state index contributed by atoms with van der Waals surface area (Å²) in [5.74, 6) is -0.671. The molecule has 1 amide bonds. The highest BCUT2D eigenvalue weighted by Gasteiger charge is 2.29. The minimum Gasteiger partial charge on any atom is -0.497 e. The number of methoxy groups -OCH3 is 1. The summed E-state index contributed by atoms with van der Waals surface area (Å²) in [4.78, 5) is 17.1. The fourth-order valence-electron chi connectivity index (χ4n) is 3.61.